The van der Waals surface area contributed by atoms with Gasteiger partial charge in [-0.25, -0.2) is 0 Å². The average Bonchev–Trinajstić information content (AvgIpc) is 2.74. The van der Waals surface area contributed by atoms with E-state index in [1.165, 1.54) is 0 Å². The molecule has 6 heteroatoms. The third-order valence-corrected chi connectivity index (χ3v) is 6.13. The van der Waals surface area contributed by atoms with Gasteiger partial charge in [0.15, 0.2) is 5.78 Å². The van der Waals surface area contributed by atoms with Crippen LogP contribution in [0, 0.1) is 18.3 Å². The van der Waals surface area contributed by atoms with Crippen LogP contribution in [0.4, 0.5) is 0 Å². The van der Waals surface area contributed by atoms with E-state index >= 15 is 0 Å². The monoisotopic (exact) mass is 486 g/mol. The van der Waals surface area contributed by atoms with Crippen LogP contribution in [-0.4, -0.2) is 16.9 Å². The molecule has 1 N–H and O–H groups in total. The first-order valence-electron chi connectivity index (χ1n) is 10.8. The van der Waals surface area contributed by atoms with Gasteiger partial charge in [0.2, 0.25) is 0 Å². The molecule has 3 aromatic carbocycles. The maximum Gasteiger partial charge on any atom is 0.311 e. The molecule has 0 aliphatic heterocycles. The molecule has 33 heavy (non-hydrogen) atoms. The fourth-order valence-corrected chi connectivity index (χ4v) is 4.02. The summed E-state index contributed by atoms with van der Waals surface area (Å²) >= 11 is 11.8. The van der Waals surface area contributed by atoms with Gasteiger partial charge in [-0.05, 0) is 81.5 Å². The van der Waals surface area contributed by atoms with Gasteiger partial charge in [-0.15, -0.1) is 0 Å². The van der Waals surface area contributed by atoms with Crippen molar-refractivity contribution in [3.8, 4) is 5.75 Å². The second-order valence-electron chi connectivity index (χ2n) is 9.47. The Hall–Kier alpha value is -2.56. The fraction of sp³-hybridized carbons (Fsp3) is 0.333. The number of rotatable bonds is 1. The van der Waals surface area contributed by atoms with Crippen LogP contribution in [0.2, 0.25) is 10.0 Å². The number of hydrogen-bond donors (Lipinski definition) is 1. The minimum Gasteiger partial charge on any atom is -0.507 e. The van der Waals surface area contributed by atoms with Crippen molar-refractivity contribution in [3.05, 3.63) is 75.3 Å². The summed E-state index contributed by atoms with van der Waals surface area (Å²) in [4.78, 5) is 24.2. The van der Waals surface area contributed by atoms with E-state index in [1.807, 2.05) is 58.9 Å². The Morgan fingerprint density at radius 2 is 1.67 bits per heavy atom. The molecule has 4 rings (SSSR count). The van der Waals surface area contributed by atoms with Crippen molar-refractivity contribution in [2.24, 2.45) is 11.3 Å². The molecule has 2 unspecified atom stereocenters. The van der Waals surface area contributed by atoms with Gasteiger partial charge < -0.3 is 9.84 Å². The first-order valence-corrected chi connectivity index (χ1v) is 11.6. The van der Waals surface area contributed by atoms with Crippen LogP contribution in [0.25, 0.3) is 10.8 Å². The standard InChI is InChI=1S/C16H19ClO3.C11H9ClO/c1-9-7-13(20-15(19)16(2,3)4)12-8-10(17)5-6-11(12)14(9)18;1-7-2-3-8-6-9(12)4-5-10(8)11(7)13/h5-6,8-9,13H,7H2,1-4H3;2-6,13H,1H3. The maximum atomic E-state index is 12.2. The summed E-state index contributed by atoms with van der Waals surface area (Å²) in [5, 5.41) is 12.8. The van der Waals surface area contributed by atoms with Crippen molar-refractivity contribution in [1.82, 2.24) is 0 Å². The molecule has 0 spiro atoms. The molecule has 0 fully saturated rings. The van der Waals surface area contributed by atoms with E-state index in [1.54, 1.807) is 24.3 Å². The van der Waals surface area contributed by atoms with Crippen LogP contribution in [-0.2, 0) is 9.53 Å². The zero-order chi connectivity index (χ0) is 24.5. The van der Waals surface area contributed by atoms with E-state index in [4.69, 9.17) is 27.9 Å². The predicted molar refractivity (Wildman–Crippen MR) is 133 cm³/mol. The first-order chi connectivity index (χ1) is 15.4. The lowest BCUT2D eigenvalue weighted by molar-refractivity contribution is -0.160. The highest BCUT2D eigenvalue weighted by molar-refractivity contribution is 6.31. The molecule has 4 nitrogen and oxygen atoms in total. The van der Waals surface area contributed by atoms with Gasteiger partial charge in [-0.3, -0.25) is 9.59 Å². The van der Waals surface area contributed by atoms with E-state index in [2.05, 4.69) is 0 Å². The second-order valence-corrected chi connectivity index (χ2v) is 10.3. The van der Waals surface area contributed by atoms with E-state index < -0.39 is 11.5 Å². The Morgan fingerprint density at radius 1 is 1.03 bits per heavy atom. The van der Waals surface area contributed by atoms with Gasteiger partial charge in [0.1, 0.15) is 11.9 Å². The number of fused-ring (bicyclic) bond motifs is 2. The van der Waals surface area contributed by atoms with Crippen molar-refractivity contribution in [2.75, 3.05) is 0 Å². The molecule has 0 amide bonds. The molecular formula is C27H28Cl2O4. The number of carbonyl (C=O) groups excluding carboxylic acids is 2. The van der Waals surface area contributed by atoms with Gasteiger partial charge in [0.05, 0.1) is 5.41 Å². The van der Waals surface area contributed by atoms with Crippen molar-refractivity contribution in [3.63, 3.8) is 0 Å². The third kappa shape index (κ3) is 5.69. The molecule has 0 aromatic heterocycles. The number of phenolic OH excluding ortho intramolecular Hbond substituents is 1. The molecule has 0 saturated carbocycles. The van der Waals surface area contributed by atoms with E-state index in [0.717, 1.165) is 21.9 Å². The summed E-state index contributed by atoms with van der Waals surface area (Å²) in [6.07, 6.45) is 0.108. The topological polar surface area (TPSA) is 63.6 Å². The van der Waals surface area contributed by atoms with Crippen molar-refractivity contribution >= 4 is 45.7 Å². The lowest BCUT2D eigenvalue weighted by Crippen LogP contribution is -2.30. The SMILES string of the molecule is CC1CC(OC(=O)C(C)(C)C)c2cc(Cl)ccc2C1=O.Cc1ccc2cc(Cl)ccc2c1O. The summed E-state index contributed by atoms with van der Waals surface area (Å²) in [6.45, 7) is 9.17. The third-order valence-electron chi connectivity index (χ3n) is 5.66. The largest absolute Gasteiger partial charge is 0.507 e. The van der Waals surface area contributed by atoms with Crippen molar-refractivity contribution < 1.29 is 19.4 Å². The summed E-state index contributed by atoms with van der Waals surface area (Å²) in [5.74, 6) is 0.00492. The maximum absolute atomic E-state index is 12.2. The summed E-state index contributed by atoms with van der Waals surface area (Å²) in [7, 11) is 0. The lowest BCUT2D eigenvalue weighted by atomic mass is 9.81. The average molecular weight is 487 g/mol. The summed E-state index contributed by atoms with van der Waals surface area (Å²) in [6, 6.07) is 14.4. The van der Waals surface area contributed by atoms with Crippen molar-refractivity contribution in [2.45, 2.75) is 47.1 Å². The molecule has 0 heterocycles. The molecule has 3 aromatic rings. The van der Waals surface area contributed by atoms with Crippen LogP contribution >= 0.6 is 23.2 Å². The zero-order valence-electron chi connectivity index (χ0n) is 19.4. The molecule has 0 radical (unpaired) electrons. The lowest BCUT2D eigenvalue weighted by Gasteiger charge is -2.30. The quantitative estimate of drug-likeness (QED) is 0.357. The molecule has 2 atom stereocenters. The molecule has 1 aliphatic rings. The molecule has 0 bridgehead atoms. The van der Waals surface area contributed by atoms with Gasteiger partial charge in [0.25, 0.3) is 0 Å². The second kappa shape index (κ2) is 9.74. The predicted octanol–water partition coefficient (Wildman–Crippen LogP) is 7.70. The van der Waals surface area contributed by atoms with Gasteiger partial charge in [-0.2, -0.15) is 0 Å². The normalized spacial score (nSPS) is 17.7. The number of hydrogen-bond acceptors (Lipinski definition) is 4. The highest BCUT2D eigenvalue weighted by Gasteiger charge is 2.35. The number of Topliss-reactive ketones (excluding diaryl/α,β-unsaturated/α-hetero) is 1. The number of aromatic hydroxyl groups is 1. The number of esters is 1. The van der Waals surface area contributed by atoms with Gasteiger partial charge in [-0.1, -0.05) is 42.3 Å². The van der Waals surface area contributed by atoms with Gasteiger partial charge in [0, 0.05) is 32.5 Å². The Kier molecular flexibility index (Phi) is 7.40. The fourth-order valence-electron chi connectivity index (χ4n) is 3.66. The molecule has 174 valence electrons. The smallest absolute Gasteiger partial charge is 0.311 e. The van der Waals surface area contributed by atoms with E-state index in [0.29, 0.717) is 27.8 Å². The Bertz CT molecular complexity index is 1210. The Morgan fingerprint density at radius 3 is 2.33 bits per heavy atom. The van der Waals surface area contributed by atoms with Crippen LogP contribution in [0.5, 0.6) is 5.75 Å². The number of ether oxygens (including phenoxy) is 1. The van der Waals surface area contributed by atoms with E-state index in [-0.39, 0.29) is 17.7 Å². The molecular weight excluding hydrogens is 459 g/mol. The van der Waals surface area contributed by atoms with Crippen molar-refractivity contribution in [1.29, 1.82) is 0 Å². The van der Waals surface area contributed by atoms with Gasteiger partial charge >= 0.3 is 5.97 Å². The number of carbonyl (C=O) groups is 2. The zero-order valence-corrected chi connectivity index (χ0v) is 20.9. The van der Waals surface area contributed by atoms with Crippen LogP contribution in [0.15, 0.2) is 48.5 Å². The first kappa shape index (κ1) is 25.1. The highest BCUT2D eigenvalue weighted by atomic mass is 35.5. The number of aryl methyl sites for hydroxylation is 1. The van der Waals surface area contributed by atoms with E-state index in [9.17, 15) is 14.7 Å². The summed E-state index contributed by atoms with van der Waals surface area (Å²) in [5.41, 5.74) is 1.65. The van der Waals surface area contributed by atoms with Crippen LogP contribution in [0.3, 0.4) is 0 Å². The Balaban J connectivity index is 0.000000203. The van der Waals surface area contributed by atoms with Crippen LogP contribution in [0.1, 0.15) is 61.7 Å². The highest BCUT2D eigenvalue weighted by Crippen LogP contribution is 2.38. The number of phenols is 1. The minimum atomic E-state index is -0.566. The summed E-state index contributed by atoms with van der Waals surface area (Å²) < 4.78 is 5.61. The number of halogens is 2. The number of ketones is 1. The minimum absolute atomic E-state index is 0.0831. The van der Waals surface area contributed by atoms with Crippen LogP contribution < -0.4 is 0 Å². The molecule has 1 aliphatic carbocycles. The number of benzene rings is 3. The Labute approximate surface area is 204 Å². The molecule has 0 saturated heterocycles.